The Morgan fingerprint density at radius 1 is 1.29 bits per heavy atom. The van der Waals surface area contributed by atoms with Crippen molar-refractivity contribution < 1.29 is 4.79 Å². The van der Waals surface area contributed by atoms with Gasteiger partial charge in [-0.3, -0.25) is 4.79 Å². The average Bonchev–Trinajstić information content (AvgIpc) is 2.03. The number of hydrogen-bond donors (Lipinski definition) is 0. The smallest absolute Gasteiger partial charge is 0.155 e. The maximum atomic E-state index is 11.2. The van der Waals surface area contributed by atoms with Gasteiger partial charge in [0, 0.05) is 6.42 Å². The normalized spacial score (nSPS) is 14.4. The molecule has 0 spiro atoms. The van der Waals surface area contributed by atoms with Gasteiger partial charge in [-0.2, -0.15) is 0 Å². The van der Waals surface area contributed by atoms with Crippen LogP contribution in [0.15, 0.2) is 24.3 Å². The number of allylic oxidation sites excluding steroid dienone is 4. The van der Waals surface area contributed by atoms with Crippen molar-refractivity contribution in [1.29, 1.82) is 0 Å². The van der Waals surface area contributed by atoms with Crippen molar-refractivity contribution in [2.75, 3.05) is 0 Å². The molecule has 1 heteroatoms. The van der Waals surface area contributed by atoms with E-state index in [4.69, 9.17) is 0 Å². The number of carbonyl (C=O) groups is 1. The second-order valence-corrected chi connectivity index (χ2v) is 4.21. The third-order valence-corrected chi connectivity index (χ3v) is 1.95. The molecule has 0 saturated heterocycles. The van der Waals surface area contributed by atoms with Gasteiger partial charge in [-0.1, -0.05) is 39.0 Å². The third-order valence-electron chi connectivity index (χ3n) is 1.95. The fourth-order valence-electron chi connectivity index (χ4n) is 1.22. The van der Waals surface area contributed by atoms with E-state index in [2.05, 4.69) is 32.9 Å². The summed E-state index contributed by atoms with van der Waals surface area (Å²) >= 11 is 0. The number of rotatable bonds is 6. The molecule has 1 nitrogen and oxygen atoms in total. The molecule has 0 aliphatic heterocycles. The summed E-state index contributed by atoms with van der Waals surface area (Å²) in [7, 11) is 0. The highest BCUT2D eigenvalue weighted by molar-refractivity contribution is 5.89. The molecule has 0 fully saturated rings. The zero-order chi connectivity index (χ0) is 11.0. The summed E-state index contributed by atoms with van der Waals surface area (Å²) in [5.74, 6) is 1.27. The summed E-state index contributed by atoms with van der Waals surface area (Å²) in [5.41, 5.74) is 0. The van der Waals surface area contributed by atoms with E-state index in [1.807, 2.05) is 6.92 Å². The largest absolute Gasteiger partial charge is 0.295 e. The fraction of sp³-hybridized carbons (Fsp3) is 0.615. The highest BCUT2D eigenvalue weighted by Crippen LogP contribution is 2.08. The lowest BCUT2D eigenvalue weighted by Gasteiger charge is -2.03. The minimum atomic E-state index is 0.217. The van der Waals surface area contributed by atoms with Crippen molar-refractivity contribution in [1.82, 2.24) is 0 Å². The molecule has 0 aromatic heterocycles. The Balaban J connectivity index is 3.80. The molecule has 14 heavy (non-hydrogen) atoms. The van der Waals surface area contributed by atoms with E-state index >= 15 is 0 Å². The Kier molecular flexibility index (Phi) is 7.09. The quantitative estimate of drug-likeness (QED) is 0.465. The highest BCUT2D eigenvalue weighted by atomic mass is 16.1. The molecule has 1 unspecified atom stereocenters. The van der Waals surface area contributed by atoms with Crippen LogP contribution in [0.3, 0.4) is 0 Å². The second-order valence-electron chi connectivity index (χ2n) is 4.21. The van der Waals surface area contributed by atoms with Gasteiger partial charge in [0.1, 0.15) is 0 Å². The van der Waals surface area contributed by atoms with Crippen LogP contribution >= 0.6 is 0 Å². The summed E-state index contributed by atoms with van der Waals surface area (Å²) in [6, 6.07) is 0. The first-order chi connectivity index (χ1) is 6.56. The molecule has 0 radical (unpaired) electrons. The molecule has 0 bridgehead atoms. The number of hydrogen-bond acceptors (Lipinski definition) is 1. The van der Waals surface area contributed by atoms with Crippen molar-refractivity contribution in [3.63, 3.8) is 0 Å². The molecule has 0 aliphatic carbocycles. The van der Waals surface area contributed by atoms with Gasteiger partial charge in [-0.25, -0.2) is 0 Å². The van der Waals surface area contributed by atoms with E-state index in [1.165, 1.54) is 0 Å². The molecular formula is C13H22O. The fourth-order valence-corrected chi connectivity index (χ4v) is 1.22. The van der Waals surface area contributed by atoms with Crippen molar-refractivity contribution >= 4 is 5.78 Å². The molecule has 0 N–H and O–H groups in total. The zero-order valence-electron chi connectivity index (χ0n) is 9.79. The molecule has 1 atom stereocenters. The van der Waals surface area contributed by atoms with Crippen LogP contribution in [-0.2, 0) is 4.79 Å². The van der Waals surface area contributed by atoms with Crippen LogP contribution in [-0.4, -0.2) is 5.78 Å². The van der Waals surface area contributed by atoms with Crippen molar-refractivity contribution in [2.45, 2.75) is 40.5 Å². The summed E-state index contributed by atoms with van der Waals surface area (Å²) in [6.07, 6.45) is 9.49. The molecular weight excluding hydrogens is 172 g/mol. The predicted octanol–water partition coefficient (Wildman–Crippen LogP) is 3.76. The van der Waals surface area contributed by atoms with Crippen molar-refractivity contribution in [2.24, 2.45) is 11.8 Å². The topological polar surface area (TPSA) is 17.1 Å². The Bertz CT molecular complexity index is 211. The first-order valence-electron chi connectivity index (χ1n) is 5.38. The van der Waals surface area contributed by atoms with Gasteiger partial charge in [0.15, 0.2) is 5.78 Å². The Morgan fingerprint density at radius 2 is 1.93 bits per heavy atom. The summed E-state index contributed by atoms with van der Waals surface area (Å²) < 4.78 is 0. The van der Waals surface area contributed by atoms with E-state index in [-0.39, 0.29) is 5.78 Å². The molecule has 0 heterocycles. The third kappa shape index (κ3) is 7.78. The maximum Gasteiger partial charge on any atom is 0.155 e. The van der Waals surface area contributed by atoms with Crippen molar-refractivity contribution in [3.05, 3.63) is 24.3 Å². The summed E-state index contributed by atoms with van der Waals surface area (Å²) in [6.45, 7) is 8.34. The first-order valence-corrected chi connectivity index (χ1v) is 5.38. The average molecular weight is 194 g/mol. The lowest BCUT2D eigenvalue weighted by atomic mass is 10.0. The second kappa shape index (κ2) is 7.54. The van der Waals surface area contributed by atoms with Crippen LogP contribution in [0, 0.1) is 11.8 Å². The van der Waals surface area contributed by atoms with Crippen LogP contribution in [0.1, 0.15) is 40.5 Å². The minimum absolute atomic E-state index is 0.217. The molecule has 0 aliphatic rings. The molecule has 0 aromatic carbocycles. The maximum absolute atomic E-state index is 11.2. The van der Waals surface area contributed by atoms with E-state index < -0.39 is 0 Å². The lowest BCUT2D eigenvalue weighted by molar-refractivity contribution is -0.115. The minimum Gasteiger partial charge on any atom is -0.295 e. The number of ketones is 1. The van der Waals surface area contributed by atoms with Gasteiger partial charge >= 0.3 is 0 Å². The first kappa shape index (κ1) is 13.2. The zero-order valence-corrected chi connectivity index (χ0v) is 9.79. The standard InChI is InChI=1S/C13H22O/c1-5-7-13(14)10-12(4)9-6-8-11(2)3/h5-7,9,11-12H,8,10H2,1-4H3. The van der Waals surface area contributed by atoms with Gasteiger partial charge in [-0.05, 0) is 31.3 Å². The van der Waals surface area contributed by atoms with Crippen LogP contribution < -0.4 is 0 Å². The van der Waals surface area contributed by atoms with Gasteiger partial charge in [0.2, 0.25) is 0 Å². The Morgan fingerprint density at radius 3 is 2.43 bits per heavy atom. The van der Waals surface area contributed by atoms with Crippen LogP contribution in [0.2, 0.25) is 0 Å². The van der Waals surface area contributed by atoms with Gasteiger partial charge in [0.05, 0.1) is 0 Å². The molecule has 0 amide bonds. The molecule has 0 rings (SSSR count). The van der Waals surface area contributed by atoms with Gasteiger partial charge < -0.3 is 0 Å². The molecule has 0 saturated carbocycles. The lowest BCUT2D eigenvalue weighted by Crippen LogP contribution is -1.99. The van der Waals surface area contributed by atoms with Crippen molar-refractivity contribution in [3.8, 4) is 0 Å². The van der Waals surface area contributed by atoms with E-state index in [9.17, 15) is 4.79 Å². The Labute approximate surface area is 87.9 Å². The van der Waals surface area contributed by atoms with Gasteiger partial charge in [-0.15, -0.1) is 0 Å². The predicted molar refractivity (Wildman–Crippen MR) is 62.2 cm³/mol. The SMILES string of the molecule is CC=CC(=O)CC(C)C=CCC(C)C. The van der Waals surface area contributed by atoms with Crippen LogP contribution in [0.5, 0.6) is 0 Å². The van der Waals surface area contributed by atoms with E-state index in [0.29, 0.717) is 18.3 Å². The highest BCUT2D eigenvalue weighted by Gasteiger charge is 2.02. The molecule has 0 aromatic rings. The summed E-state index contributed by atoms with van der Waals surface area (Å²) in [5, 5.41) is 0. The van der Waals surface area contributed by atoms with E-state index in [0.717, 1.165) is 6.42 Å². The van der Waals surface area contributed by atoms with Crippen LogP contribution in [0.4, 0.5) is 0 Å². The molecule has 80 valence electrons. The van der Waals surface area contributed by atoms with Crippen LogP contribution in [0.25, 0.3) is 0 Å². The summed E-state index contributed by atoms with van der Waals surface area (Å²) in [4.78, 5) is 11.2. The number of carbonyl (C=O) groups excluding carboxylic acids is 1. The van der Waals surface area contributed by atoms with E-state index in [1.54, 1.807) is 12.2 Å². The Hall–Kier alpha value is -0.850. The monoisotopic (exact) mass is 194 g/mol. The van der Waals surface area contributed by atoms with Gasteiger partial charge in [0.25, 0.3) is 0 Å².